The van der Waals surface area contributed by atoms with E-state index in [1.54, 1.807) is 11.8 Å². The van der Waals surface area contributed by atoms with Crippen LogP contribution in [0.5, 0.6) is 5.75 Å². The molecule has 0 atom stereocenters. The Hall–Kier alpha value is -2.82. The summed E-state index contributed by atoms with van der Waals surface area (Å²) in [5.74, 6) is 0.213. The van der Waals surface area contributed by atoms with Gasteiger partial charge in [0.25, 0.3) is 5.91 Å². The van der Waals surface area contributed by atoms with Gasteiger partial charge in [-0.2, -0.15) is 0 Å². The van der Waals surface area contributed by atoms with Crippen LogP contribution in [0.1, 0.15) is 24.5 Å². The first-order valence-corrected chi connectivity index (χ1v) is 8.76. The van der Waals surface area contributed by atoms with Gasteiger partial charge < -0.3 is 14.4 Å². The lowest BCUT2D eigenvalue weighted by atomic mass is 10.2. The fourth-order valence-electron chi connectivity index (χ4n) is 2.50. The Labute approximate surface area is 154 Å². The maximum Gasteiger partial charge on any atom is 0.307 e. The first-order chi connectivity index (χ1) is 12.6. The second-order valence-corrected chi connectivity index (χ2v) is 5.91. The predicted molar refractivity (Wildman–Crippen MR) is 99.8 cm³/mol. The van der Waals surface area contributed by atoms with Crippen molar-refractivity contribution in [1.82, 2.24) is 4.90 Å². The summed E-state index contributed by atoms with van der Waals surface area (Å²) in [4.78, 5) is 25.9. The van der Waals surface area contributed by atoms with Crippen LogP contribution in [0.15, 0.2) is 54.6 Å². The number of carbonyl (C=O) groups is 2. The summed E-state index contributed by atoms with van der Waals surface area (Å²) in [7, 11) is 0. The second kappa shape index (κ2) is 10.2. The molecule has 0 radical (unpaired) electrons. The Morgan fingerprint density at radius 2 is 1.69 bits per heavy atom. The van der Waals surface area contributed by atoms with Crippen LogP contribution in [-0.2, 0) is 20.9 Å². The van der Waals surface area contributed by atoms with Crippen LogP contribution in [0.2, 0.25) is 0 Å². The van der Waals surface area contributed by atoms with Gasteiger partial charge in [-0.05, 0) is 31.0 Å². The molecular weight excluding hydrogens is 330 g/mol. The maximum absolute atomic E-state index is 12.7. The van der Waals surface area contributed by atoms with Crippen LogP contribution in [0.4, 0.5) is 0 Å². The van der Waals surface area contributed by atoms with Crippen LogP contribution in [0.3, 0.4) is 0 Å². The van der Waals surface area contributed by atoms with Crippen LogP contribution in [0, 0.1) is 6.92 Å². The first kappa shape index (κ1) is 19.5. The van der Waals surface area contributed by atoms with Crippen molar-refractivity contribution >= 4 is 11.9 Å². The zero-order valence-corrected chi connectivity index (χ0v) is 15.3. The molecule has 0 aliphatic carbocycles. The molecule has 138 valence electrons. The first-order valence-electron chi connectivity index (χ1n) is 8.76. The minimum atomic E-state index is -0.307. The Kier molecular flexibility index (Phi) is 7.68. The molecule has 0 unspecified atom stereocenters. The molecule has 26 heavy (non-hydrogen) atoms. The highest BCUT2D eigenvalue weighted by Crippen LogP contribution is 2.16. The zero-order chi connectivity index (χ0) is 18.8. The molecule has 2 aromatic rings. The van der Waals surface area contributed by atoms with Crippen molar-refractivity contribution in [3.63, 3.8) is 0 Å². The molecule has 0 fully saturated rings. The zero-order valence-electron chi connectivity index (χ0n) is 15.3. The summed E-state index contributed by atoms with van der Waals surface area (Å²) < 4.78 is 10.6. The Morgan fingerprint density at radius 3 is 2.38 bits per heavy atom. The molecule has 0 saturated carbocycles. The van der Waals surface area contributed by atoms with Crippen LogP contribution < -0.4 is 4.74 Å². The van der Waals surface area contributed by atoms with E-state index >= 15 is 0 Å². The summed E-state index contributed by atoms with van der Waals surface area (Å²) in [6.45, 7) is 4.69. The van der Waals surface area contributed by atoms with Crippen molar-refractivity contribution in [2.45, 2.75) is 26.8 Å². The smallest absolute Gasteiger partial charge is 0.307 e. The van der Waals surface area contributed by atoms with Gasteiger partial charge in [0.15, 0.2) is 6.61 Å². The lowest BCUT2D eigenvalue weighted by molar-refractivity contribution is -0.144. The highest BCUT2D eigenvalue weighted by atomic mass is 16.5. The average molecular weight is 355 g/mol. The van der Waals surface area contributed by atoms with E-state index in [0.717, 1.165) is 11.1 Å². The van der Waals surface area contributed by atoms with Crippen molar-refractivity contribution in [2.75, 3.05) is 19.8 Å². The van der Waals surface area contributed by atoms with Gasteiger partial charge in [0.05, 0.1) is 13.0 Å². The summed E-state index contributed by atoms with van der Waals surface area (Å²) in [5, 5.41) is 0. The molecule has 2 aromatic carbocycles. The van der Waals surface area contributed by atoms with E-state index in [2.05, 4.69) is 0 Å². The molecule has 5 nitrogen and oxygen atoms in total. The van der Waals surface area contributed by atoms with Gasteiger partial charge >= 0.3 is 5.97 Å². The van der Waals surface area contributed by atoms with Gasteiger partial charge in [0.1, 0.15) is 5.75 Å². The van der Waals surface area contributed by atoms with Gasteiger partial charge in [-0.3, -0.25) is 9.59 Å². The number of amides is 1. The number of nitrogens with zero attached hydrogens (tertiary/aromatic N) is 1. The number of hydrogen-bond donors (Lipinski definition) is 0. The highest BCUT2D eigenvalue weighted by Gasteiger charge is 2.17. The molecular formula is C21H25NO4. The average Bonchev–Trinajstić information content (AvgIpc) is 2.65. The van der Waals surface area contributed by atoms with Gasteiger partial charge in [0, 0.05) is 13.1 Å². The molecule has 2 rings (SSSR count). The van der Waals surface area contributed by atoms with E-state index in [4.69, 9.17) is 9.47 Å². The van der Waals surface area contributed by atoms with E-state index in [1.807, 2.05) is 61.5 Å². The minimum Gasteiger partial charge on any atom is -0.484 e. The fraction of sp³-hybridized carbons (Fsp3) is 0.333. The maximum atomic E-state index is 12.7. The lowest BCUT2D eigenvalue weighted by Crippen LogP contribution is -2.36. The third-order valence-electron chi connectivity index (χ3n) is 3.90. The van der Waals surface area contributed by atoms with Gasteiger partial charge in [-0.1, -0.05) is 48.5 Å². The SMILES string of the molecule is CCOC(=O)CCN(Cc1ccccc1)C(=O)COc1ccccc1C. The topological polar surface area (TPSA) is 55.8 Å². The third kappa shape index (κ3) is 6.24. The van der Waals surface area contributed by atoms with E-state index in [0.29, 0.717) is 25.4 Å². The number of para-hydroxylation sites is 1. The summed E-state index contributed by atoms with van der Waals surface area (Å²) >= 11 is 0. The van der Waals surface area contributed by atoms with E-state index in [1.165, 1.54) is 0 Å². The van der Waals surface area contributed by atoms with Crippen molar-refractivity contribution in [3.8, 4) is 5.75 Å². The molecule has 5 heteroatoms. The second-order valence-electron chi connectivity index (χ2n) is 5.91. The molecule has 0 heterocycles. The molecule has 0 aromatic heterocycles. The van der Waals surface area contributed by atoms with Crippen LogP contribution >= 0.6 is 0 Å². The highest BCUT2D eigenvalue weighted by molar-refractivity contribution is 5.78. The van der Waals surface area contributed by atoms with Crippen LogP contribution in [0.25, 0.3) is 0 Å². The number of benzene rings is 2. The van der Waals surface area contributed by atoms with Crippen molar-refractivity contribution in [3.05, 3.63) is 65.7 Å². The van der Waals surface area contributed by atoms with E-state index < -0.39 is 0 Å². The van der Waals surface area contributed by atoms with E-state index in [9.17, 15) is 9.59 Å². The number of ether oxygens (including phenoxy) is 2. The molecule has 1 amide bonds. The number of hydrogen-bond acceptors (Lipinski definition) is 4. The van der Waals surface area contributed by atoms with Gasteiger partial charge in [-0.25, -0.2) is 0 Å². The predicted octanol–water partition coefficient (Wildman–Crippen LogP) is 3.36. The molecule has 0 aliphatic heterocycles. The van der Waals surface area contributed by atoms with Crippen LogP contribution in [-0.4, -0.2) is 36.5 Å². The Bertz CT molecular complexity index is 715. The minimum absolute atomic E-state index is 0.0689. The number of esters is 1. The van der Waals surface area contributed by atoms with Crippen molar-refractivity contribution in [2.24, 2.45) is 0 Å². The van der Waals surface area contributed by atoms with Gasteiger partial charge in [0.2, 0.25) is 0 Å². The van der Waals surface area contributed by atoms with E-state index in [-0.39, 0.29) is 24.9 Å². The fourth-order valence-corrected chi connectivity index (χ4v) is 2.50. The lowest BCUT2D eigenvalue weighted by Gasteiger charge is -2.23. The Morgan fingerprint density at radius 1 is 1.00 bits per heavy atom. The number of rotatable bonds is 9. The van der Waals surface area contributed by atoms with Crippen molar-refractivity contribution in [1.29, 1.82) is 0 Å². The monoisotopic (exact) mass is 355 g/mol. The normalized spacial score (nSPS) is 10.2. The molecule has 0 bridgehead atoms. The van der Waals surface area contributed by atoms with Crippen molar-refractivity contribution < 1.29 is 19.1 Å². The van der Waals surface area contributed by atoms with Gasteiger partial charge in [-0.15, -0.1) is 0 Å². The summed E-state index contributed by atoms with van der Waals surface area (Å²) in [6, 6.07) is 17.2. The summed E-state index contributed by atoms with van der Waals surface area (Å²) in [5.41, 5.74) is 1.97. The molecule has 0 saturated heterocycles. The summed E-state index contributed by atoms with van der Waals surface area (Å²) in [6.07, 6.45) is 0.163. The molecule has 0 N–H and O–H groups in total. The number of carbonyl (C=O) groups excluding carboxylic acids is 2. The standard InChI is InChI=1S/C21H25NO4/c1-3-25-21(24)13-14-22(15-18-10-5-4-6-11-18)20(23)16-26-19-12-8-7-9-17(19)2/h4-12H,3,13-16H2,1-2H3. The quantitative estimate of drug-likeness (QED) is 0.647. The largest absolute Gasteiger partial charge is 0.484 e. The number of aryl methyl sites for hydroxylation is 1. The molecule has 0 spiro atoms. The molecule has 0 aliphatic rings. The third-order valence-corrected chi connectivity index (χ3v) is 3.90. The Balaban J connectivity index is 1.99.